The maximum Gasteiger partial charge on any atom is 0.322 e. The maximum atomic E-state index is 13.7. The molecular formula is C32H54N10O11. The lowest BCUT2D eigenvalue weighted by Crippen LogP contribution is -2.60. The molecule has 53 heavy (non-hydrogen) atoms. The van der Waals surface area contributed by atoms with E-state index in [1.54, 1.807) is 27.7 Å². The van der Waals surface area contributed by atoms with Crippen LogP contribution in [0.5, 0.6) is 0 Å². The zero-order valence-electron chi connectivity index (χ0n) is 30.5. The third-order valence-corrected chi connectivity index (χ3v) is 8.10. The first-order valence-corrected chi connectivity index (χ1v) is 17.3. The molecule has 0 saturated carbocycles. The Bertz CT molecular complexity index is 1370. The second kappa shape index (κ2) is 22.6. The van der Waals surface area contributed by atoms with Crippen LogP contribution in [0.25, 0.3) is 0 Å². The molecular weight excluding hydrogens is 700 g/mol. The molecule has 9 amide bonds. The quantitative estimate of drug-likeness (QED) is 0.0471. The highest BCUT2D eigenvalue weighted by atomic mass is 16.4. The number of primary amides is 2. The molecule has 5 atom stereocenters. The summed E-state index contributed by atoms with van der Waals surface area (Å²) >= 11 is 0. The van der Waals surface area contributed by atoms with Gasteiger partial charge in [-0.15, -0.1) is 0 Å². The van der Waals surface area contributed by atoms with Gasteiger partial charge in [-0.05, 0) is 43.9 Å². The largest absolute Gasteiger partial charge is 0.480 e. The zero-order chi connectivity index (χ0) is 40.4. The molecule has 0 radical (unpaired) electrons. The number of rotatable bonds is 23. The van der Waals surface area contributed by atoms with Crippen molar-refractivity contribution >= 4 is 59.1 Å². The molecule has 1 rings (SSSR count). The molecule has 0 aromatic heterocycles. The van der Waals surface area contributed by atoms with Gasteiger partial charge in [-0.3, -0.25) is 47.9 Å². The number of amides is 9. The van der Waals surface area contributed by atoms with Gasteiger partial charge in [-0.1, -0.05) is 27.7 Å². The van der Waals surface area contributed by atoms with Gasteiger partial charge in [0.25, 0.3) is 0 Å². The van der Waals surface area contributed by atoms with Crippen molar-refractivity contribution in [1.82, 2.24) is 36.8 Å². The summed E-state index contributed by atoms with van der Waals surface area (Å²) in [6.07, 6.45) is -0.353. The summed E-state index contributed by atoms with van der Waals surface area (Å²) in [6, 6.07) is -6.23. The van der Waals surface area contributed by atoms with Gasteiger partial charge in [-0.25, -0.2) is 0 Å². The minimum absolute atomic E-state index is 0.0765. The predicted molar refractivity (Wildman–Crippen MR) is 186 cm³/mol. The molecule has 13 N–H and O–H groups in total. The van der Waals surface area contributed by atoms with E-state index in [0.717, 1.165) is 0 Å². The van der Waals surface area contributed by atoms with Gasteiger partial charge in [0, 0.05) is 19.4 Å². The third-order valence-electron chi connectivity index (χ3n) is 8.10. The molecule has 0 unspecified atom stereocenters. The second-order valence-corrected chi connectivity index (χ2v) is 13.4. The summed E-state index contributed by atoms with van der Waals surface area (Å²) in [6.45, 7) is 5.34. The highest BCUT2D eigenvalue weighted by Gasteiger charge is 2.39. The number of nitrogens with zero attached hydrogens (tertiary/aromatic N) is 1. The van der Waals surface area contributed by atoms with Crippen LogP contribution in [0.3, 0.4) is 0 Å². The van der Waals surface area contributed by atoms with E-state index >= 15 is 0 Å². The number of carboxylic acids is 1. The minimum Gasteiger partial charge on any atom is -0.480 e. The Labute approximate surface area is 307 Å². The molecule has 0 aromatic carbocycles. The third kappa shape index (κ3) is 16.7. The van der Waals surface area contributed by atoms with Crippen molar-refractivity contribution in [3.05, 3.63) is 0 Å². The molecule has 1 heterocycles. The Morgan fingerprint density at radius 3 is 1.81 bits per heavy atom. The number of carboxylic acid groups (broad SMARTS) is 1. The Morgan fingerprint density at radius 1 is 0.717 bits per heavy atom. The lowest BCUT2D eigenvalue weighted by Gasteiger charge is -2.31. The second-order valence-electron chi connectivity index (χ2n) is 13.4. The fraction of sp³-hybridized carbons (Fsp3) is 0.688. The molecule has 1 fully saturated rings. The molecule has 0 spiro atoms. The summed E-state index contributed by atoms with van der Waals surface area (Å²) in [4.78, 5) is 126. The van der Waals surface area contributed by atoms with Crippen molar-refractivity contribution in [2.45, 2.75) is 103 Å². The minimum atomic E-state index is -1.35. The Hall–Kier alpha value is -5.34. The van der Waals surface area contributed by atoms with E-state index in [0.29, 0.717) is 6.42 Å². The van der Waals surface area contributed by atoms with Crippen LogP contribution in [0.1, 0.15) is 72.6 Å². The van der Waals surface area contributed by atoms with Crippen molar-refractivity contribution in [1.29, 1.82) is 0 Å². The normalized spacial score (nSPS) is 16.1. The Kier molecular flexibility index (Phi) is 19.4. The van der Waals surface area contributed by atoms with Crippen LogP contribution >= 0.6 is 0 Å². The highest BCUT2D eigenvalue weighted by molar-refractivity contribution is 5.97. The number of hydrogen-bond acceptors (Lipinski definition) is 11. The number of nitrogens with two attached hydrogens (primary N) is 3. The van der Waals surface area contributed by atoms with E-state index in [2.05, 4.69) is 31.9 Å². The average molecular weight is 755 g/mol. The highest BCUT2D eigenvalue weighted by Crippen LogP contribution is 2.20. The Morgan fingerprint density at radius 2 is 1.28 bits per heavy atom. The molecule has 21 heteroatoms. The smallest absolute Gasteiger partial charge is 0.322 e. The SMILES string of the molecule is CC(C)C[C@H](NC(=O)[C@H](CCC(N)=O)NC(=O)CNC(=O)CN)C(=O)N[C@H](C(=O)N[C@@H](CCC(N)=O)C(=O)N1CCC[C@H]1C(=O)NCC(=O)O)C(C)C. The number of likely N-dealkylation sites (tertiary alicyclic amines) is 1. The van der Waals surface area contributed by atoms with Gasteiger partial charge in [-0.2, -0.15) is 0 Å². The van der Waals surface area contributed by atoms with Gasteiger partial charge >= 0.3 is 5.97 Å². The maximum absolute atomic E-state index is 13.7. The van der Waals surface area contributed by atoms with Crippen LogP contribution < -0.4 is 49.1 Å². The standard InChI is InChI=1S/C32H54N10O11/c1-16(2)12-20(40-28(49)18(7-9-22(34)43)38-25(46)14-36-24(45)13-33)29(50)41-27(17(3)4)31(52)39-19(8-10-23(35)44)32(53)42-11-5-6-21(42)30(51)37-15-26(47)48/h16-21,27H,5-15,33H2,1-4H3,(H2,34,43)(H2,35,44)(H,36,45)(H,37,51)(H,38,46)(H,39,52)(H,40,49)(H,41,50)(H,47,48)/t18-,19-,20-,21-,27-/m0/s1. The number of nitrogens with one attached hydrogen (secondary N) is 6. The lowest BCUT2D eigenvalue weighted by atomic mass is 9.98. The summed E-state index contributed by atoms with van der Waals surface area (Å²) in [7, 11) is 0. The van der Waals surface area contributed by atoms with Crippen LogP contribution in [-0.2, 0) is 47.9 Å². The van der Waals surface area contributed by atoms with Gasteiger partial charge < -0.3 is 59.1 Å². The summed E-state index contributed by atoms with van der Waals surface area (Å²) in [5, 5.41) is 23.5. The van der Waals surface area contributed by atoms with Crippen molar-refractivity contribution in [2.24, 2.45) is 29.0 Å². The van der Waals surface area contributed by atoms with Crippen LogP contribution in [0.4, 0.5) is 0 Å². The molecule has 1 aliphatic heterocycles. The molecule has 298 valence electrons. The lowest BCUT2D eigenvalue weighted by molar-refractivity contribution is -0.143. The van der Waals surface area contributed by atoms with Gasteiger partial charge in [0.1, 0.15) is 36.8 Å². The van der Waals surface area contributed by atoms with E-state index in [9.17, 15) is 47.9 Å². The monoisotopic (exact) mass is 754 g/mol. The van der Waals surface area contributed by atoms with E-state index in [1.165, 1.54) is 4.90 Å². The van der Waals surface area contributed by atoms with Crippen LogP contribution in [0, 0.1) is 11.8 Å². The zero-order valence-corrected chi connectivity index (χ0v) is 30.5. The first kappa shape index (κ1) is 45.7. The van der Waals surface area contributed by atoms with Crippen LogP contribution in [-0.4, -0.2) is 126 Å². The van der Waals surface area contributed by atoms with E-state index in [-0.39, 0.29) is 57.5 Å². The average Bonchev–Trinajstić information content (AvgIpc) is 3.57. The molecule has 1 saturated heterocycles. The molecule has 1 aliphatic rings. The van der Waals surface area contributed by atoms with Gasteiger partial charge in [0.15, 0.2) is 0 Å². The van der Waals surface area contributed by atoms with Gasteiger partial charge in [0.2, 0.25) is 53.2 Å². The number of hydrogen-bond donors (Lipinski definition) is 10. The number of carbonyl (C=O) groups is 10. The molecule has 0 aliphatic carbocycles. The van der Waals surface area contributed by atoms with Crippen LogP contribution in [0.2, 0.25) is 0 Å². The fourth-order valence-electron chi connectivity index (χ4n) is 5.41. The van der Waals surface area contributed by atoms with Crippen LogP contribution in [0.15, 0.2) is 0 Å². The van der Waals surface area contributed by atoms with Crippen molar-refractivity contribution in [3.63, 3.8) is 0 Å². The Balaban J connectivity index is 3.23. The summed E-state index contributed by atoms with van der Waals surface area (Å²) < 4.78 is 0. The molecule has 0 aromatic rings. The van der Waals surface area contributed by atoms with E-state index in [1.807, 2.05) is 0 Å². The van der Waals surface area contributed by atoms with E-state index < -0.39 is 108 Å². The van der Waals surface area contributed by atoms with Crippen molar-refractivity contribution in [2.75, 3.05) is 26.2 Å². The van der Waals surface area contributed by atoms with Crippen molar-refractivity contribution < 1.29 is 53.1 Å². The van der Waals surface area contributed by atoms with Crippen molar-refractivity contribution in [3.8, 4) is 0 Å². The number of carbonyl (C=O) groups excluding carboxylic acids is 9. The topological polar surface area (TPSA) is 344 Å². The van der Waals surface area contributed by atoms with E-state index in [4.69, 9.17) is 22.3 Å². The predicted octanol–water partition coefficient (Wildman–Crippen LogP) is -4.57. The molecule has 0 bridgehead atoms. The summed E-state index contributed by atoms with van der Waals surface area (Å²) in [5.41, 5.74) is 15.8. The first-order valence-electron chi connectivity index (χ1n) is 17.3. The van der Waals surface area contributed by atoms with Gasteiger partial charge in [0.05, 0.1) is 13.1 Å². The number of aliphatic carboxylic acids is 1. The fourth-order valence-corrected chi connectivity index (χ4v) is 5.41. The summed E-state index contributed by atoms with van der Waals surface area (Å²) in [5.74, 6) is -8.80. The first-order chi connectivity index (χ1) is 24.8. The molecule has 21 nitrogen and oxygen atoms in total.